The number of rotatable bonds is 10. The van der Waals surface area contributed by atoms with Crippen LogP contribution in [0.15, 0.2) is 30.2 Å². The molecule has 2 N–H and O–H groups in total. The molecular weight excluding hydrogens is 530 g/mol. The van der Waals surface area contributed by atoms with E-state index in [9.17, 15) is 9.59 Å². The fraction of sp³-hybridized carbons (Fsp3) is 0.500. The minimum Gasteiger partial charge on any atom is -0.479 e. The van der Waals surface area contributed by atoms with Crippen LogP contribution in [0.25, 0.3) is 0 Å². The first kappa shape index (κ1) is 29.3. The Bertz CT molecular complexity index is 1280. The number of nitrogens with one attached hydrogen (secondary N) is 2. The number of anilines is 2. The molecule has 2 aromatic rings. The highest BCUT2D eigenvalue weighted by molar-refractivity contribution is 6.88. The number of aryl methyl sites for hydroxylation is 1. The Morgan fingerprint density at radius 1 is 1.15 bits per heavy atom. The van der Waals surface area contributed by atoms with E-state index in [1.807, 2.05) is 24.0 Å². The summed E-state index contributed by atoms with van der Waals surface area (Å²) in [5.41, 5.74) is 1.00. The van der Waals surface area contributed by atoms with Crippen molar-refractivity contribution in [1.29, 1.82) is 0 Å². The summed E-state index contributed by atoms with van der Waals surface area (Å²) in [6, 6.07) is 6.73. The third-order valence-electron chi connectivity index (χ3n) is 6.76. The molecule has 0 radical (unpaired) electrons. The second kappa shape index (κ2) is 11.8. The molecule has 40 heavy (non-hydrogen) atoms. The van der Waals surface area contributed by atoms with E-state index in [0.717, 1.165) is 25.1 Å². The molecule has 2 unspecified atom stereocenters. The van der Waals surface area contributed by atoms with E-state index in [0.29, 0.717) is 23.8 Å². The number of carbonyl (C=O) groups is 2. The number of ether oxygens (including phenoxy) is 4. The van der Waals surface area contributed by atoms with E-state index in [2.05, 4.69) is 60.2 Å². The number of hydrogen-bond acceptors (Lipinski definition) is 10. The molecule has 2 aliphatic rings. The molecule has 0 spiro atoms. The zero-order valence-corrected chi connectivity index (χ0v) is 25.5. The van der Waals surface area contributed by atoms with Crippen LogP contribution in [0.1, 0.15) is 25.8 Å². The first-order chi connectivity index (χ1) is 18.9. The van der Waals surface area contributed by atoms with Crippen LogP contribution >= 0.6 is 0 Å². The molecule has 1 aromatic carbocycles. The van der Waals surface area contributed by atoms with Crippen molar-refractivity contribution in [3.63, 3.8) is 0 Å². The molecule has 1 saturated heterocycles. The summed E-state index contributed by atoms with van der Waals surface area (Å²) in [7, 11) is 1.29. The van der Waals surface area contributed by atoms with Crippen LogP contribution in [-0.4, -0.2) is 75.2 Å². The van der Waals surface area contributed by atoms with Crippen LogP contribution in [0.3, 0.4) is 0 Å². The summed E-state index contributed by atoms with van der Waals surface area (Å²) in [6.07, 6.45) is 0.699. The van der Waals surface area contributed by atoms with E-state index in [1.54, 1.807) is 0 Å². The predicted octanol–water partition coefficient (Wildman–Crippen LogP) is 2.75. The third kappa shape index (κ3) is 6.56. The lowest BCUT2D eigenvalue weighted by Crippen LogP contribution is -2.37. The number of aromatic nitrogens is 2. The van der Waals surface area contributed by atoms with Crippen molar-refractivity contribution in [2.24, 2.45) is 0 Å². The molecule has 2 aliphatic heterocycles. The lowest BCUT2D eigenvalue weighted by molar-refractivity contribution is -0.134. The summed E-state index contributed by atoms with van der Waals surface area (Å²) in [4.78, 5) is 37.0. The van der Waals surface area contributed by atoms with Crippen molar-refractivity contribution in [3.05, 3.63) is 35.8 Å². The normalized spacial score (nSPS) is 19.0. The van der Waals surface area contributed by atoms with Crippen LogP contribution in [-0.2, 0) is 14.3 Å². The Morgan fingerprint density at radius 3 is 2.42 bits per heavy atom. The van der Waals surface area contributed by atoms with Gasteiger partial charge in [-0.15, -0.1) is 0 Å². The van der Waals surface area contributed by atoms with Gasteiger partial charge < -0.3 is 34.5 Å². The van der Waals surface area contributed by atoms with Gasteiger partial charge >= 0.3 is 0 Å². The summed E-state index contributed by atoms with van der Waals surface area (Å²) in [6.45, 7) is 14.3. The van der Waals surface area contributed by atoms with Gasteiger partial charge in [-0.3, -0.25) is 9.59 Å². The Hall–Kier alpha value is -3.64. The zero-order valence-electron chi connectivity index (χ0n) is 24.5. The third-order valence-corrected chi connectivity index (χ3v) is 8.80. The number of amides is 1. The maximum absolute atomic E-state index is 13.2. The Labute approximate surface area is 236 Å². The van der Waals surface area contributed by atoms with Crippen molar-refractivity contribution < 1.29 is 28.5 Å². The van der Waals surface area contributed by atoms with E-state index in [-0.39, 0.29) is 23.4 Å². The van der Waals surface area contributed by atoms with Gasteiger partial charge in [-0.1, -0.05) is 50.8 Å². The Balaban J connectivity index is 1.47. The van der Waals surface area contributed by atoms with Crippen LogP contribution < -0.4 is 34.9 Å². The van der Waals surface area contributed by atoms with Gasteiger partial charge in [-0.25, -0.2) is 0 Å². The van der Waals surface area contributed by atoms with Crippen LogP contribution in [0.5, 0.6) is 17.5 Å². The summed E-state index contributed by atoms with van der Waals surface area (Å²) in [5.74, 6) is -0.0508. The monoisotopic (exact) mass is 569 g/mol. The largest absolute Gasteiger partial charge is 0.479 e. The van der Waals surface area contributed by atoms with Gasteiger partial charge in [0.1, 0.15) is 5.75 Å². The van der Waals surface area contributed by atoms with E-state index in [1.165, 1.54) is 25.5 Å². The number of hydrogen-bond donors (Lipinski definition) is 2. The minimum absolute atomic E-state index is 0.0369. The maximum Gasteiger partial charge on any atom is 0.289 e. The lowest BCUT2D eigenvalue weighted by Gasteiger charge is -2.21. The minimum atomic E-state index is -1.59. The Kier molecular flexibility index (Phi) is 8.69. The van der Waals surface area contributed by atoms with E-state index in [4.69, 9.17) is 18.9 Å². The predicted molar refractivity (Wildman–Crippen MR) is 155 cm³/mol. The topological polar surface area (TPSA) is 124 Å². The molecule has 0 saturated carbocycles. The summed E-state index contributed by atoms with van der Waals surface area (Å²) in [5, 5.41) is 7.39. The van der Waals surface area contributed by atoms with Crippen LogP contribution in [0.4, 0.5) is 11.6 Å². The smallest absolute Gasteiger partial charge is 0.289 e. The first-order valence-corrected chi connectivity index (χ1v) is 16.9. The van der Waals surface area contributed by atoms with Gasteiger partial charge in [0.2, 0.25) is 29.6 Å². The molecular formula is C28H39N5O6Si. The fourth-order valence-electron chi connectivity index (χ4n) is 4.61. The van der Waals surface area contributed by atoms with Gasteiger partial charge in [0.15, 0.2) is 5.69 Å². The van der Waals surface area contributed by atoms with Gasteiger partial charge in [-0.05, 0) is 25.0 Å². The average molecular weight is 570 g/mol. The molecule has 4 rings (SSSR count). The van der Waals surface area contributed by atoms with Crippen LogP contribution in [0.2, 0.25) is 19.6 Å². The molecule has 3 heterocycles. The molecule has 11 nitrogen and oxygen atoms in total. The molecule has 1 amide bonds. The molecule has 1 fully saturated rings. The number of ketones is 1. The first-order valence-electron chi connectivity index (χ1n) is 13.4. The highest BCUT2D eigenvalue weighted by Gasteiger charge is 2.37. The van der Waals surface area contributed by atoms with Crippen molar-refractivity contribution >= 4 is 36.6 Å². The molecule has 216 valence electrons. The molecule has 1 aromatic heterocycles. The highest BCUT2D eigenvalue weighted by Crippen LogP contribution is 2.35. The Morgan fingerprint density at radius 2 is 1.82 bits per heavy atom. The summed E-state index contributed by atoms with van der Waals surface area (Å²) < 4.78 is 22.5. The molecule has 0 aliphatic carbocycles. The van der Waals surface area contributed by atoms with Crippen LogP contribution in [0, 0.1) is 6.92 Å². The molecule has 12 heteroatoms. The van der Waals surface area contributed by atoms with Crippen molar-refractivity contribution in [3.8, 4) is 17.5 Å². The van der Waals surface area contributed by atoms with Gasteiger partial charge in [0.05, 0.1) is 28.4 Å². The average Bonchev–Trinajstić information content (AvgIpc) is 3.50. The zero-order chi connectivity index (χ0) is 29.2. The van der Waals surface area contributed by atoms with E-state index < -0.39 is 25.9 Å². The quantitative estimate of drug-likeness (QED) is 0.326. The van der Waals surface area contributed by atoms with Crippen molar-refractivity contribution in [1.82, 2.24) is 15.3 Å². The van der Waals surface area contributed by atoms with Crippen molar-refractivity contribution in [2.75, 3.05) is 37.5 Å². The second-order valence-electron chi connectivity index (χ2n) is 11.4. The maximum atomic E-state index is 13.2. The van der Waals surface area contributed by atoms with E-state index >= 15 is 0 Å². The second-order valence-corrected chi connectivity index (χ2v) is 16.4. The number of methoxy groups -OCH3 is 2. The SMILES string of the molecule is COc1nc(N2CCC(NC(C)C)C2)nc(OC)c1NC(=O)C1OC(Oc2cc([Si](C)(C)C)ccc2C)=CC1=O. The fourth-order valence-corrected chi connectivity index (χ4v) is 5.76. The number of nitrogens with zero attached hydrogens (tertiary/aromatic N) is 3. The number of benzene rings is 1. The number of carbonyl (C=O) groups excluding carboxylic acids is 2. The lowest BCUT2D eigenvalue weighted by atomic mass is 10.2. The van der Waals surface area contributed by atoms with Crippen molar-refractivity contribution in [2.45, 2.75) is 65.0 Å². The van der Waals surface area contributed by atoms with Gasteiger partial charge in [0, 0.05) is 25.2 Å². The molecule has 0 bridgehead atoms. The van der Waals surface area contributed by atoms with Gasteiger partial charge in [0.25, 0.3) is 11.9 Å². The standard InChI is InChI=1S/C28H39N5O6Si/c1-16(2)29-18-11-12-33(15-18)28-31-26(36-4)23(27(32-28)37-5)30-25(35)24-20(34)14-22(39-24)38-21-13-19(40(6,7)8)10-9-17(21)3/h9-10,13-14,16,18,24,29H,11-12,15H2,1-8H3,(H,30,35). The summed E-state index contributed by atoms with van der Waals surface area (Å²) >= 11 is 0. The highest BCUT2D eigenvalue weighted by atomic mass is 28.3. The van der Waals surface area contributed by atoms with Gasteiger partial charge in [-0.2, -0.15) is 9.97 Å². The molecule has 2 atom stereocenters.